The number of fused-ring (bicyclic) bond motifs is 1. The Morgan fingerprint density at radius 3 is 2.33 bits per heavy atom. The second kappa shape index (κ2) is 8.89. The molecule has 0 unspecified atom stereocenters. The number of hydroxylamine groups is 1. The van der Waals surface area contributed by atoms with E-state index in [0.29, 0.717) is 11.9 Å². The molecule has 0 aliphatic heterocycles. The molecule has 1 heterocycles. The fraction of sp³-hybridized carbons (Fsp3) is 0.0909. The van der Waals surface area contributed by atoms with Crippen LogP contribution in [0.4, 0.5) is 0 Å². The molecule has 8 heteroatoms. The van der Waals surface area contributed by atoms with Crippen molar-refractivity contribution in [2.75, 3.05) is 0 Å². The van der Waals surface area contributed by atoms with Crippen LogP contribution in [-0.4, -0.2) is 24.1 Å². The highest BCUT2D eigenvalue weighted by atomic mass is 32.2. The van der Waals surface area contributed by atoms with Crippen LogP contribution in [0.15, 0.2) is 83.8 Å². The second-order valence-corrected chi connectivity index (χ2v) is 7.68. The Hall–Kier alpha value is -3.49. The van der Waals surface area contributed by atoms with Crippen LogP contribution in [0, 0.1) is 0 Å². The highest BCUT2D eigenvalue weighted by molar-refractivity contribution is 7.72. The molecule has 3 aromatic carbocycles. The predicted octanol–water partition coefficient (Wildman–Crippen LogP) is 2.92. The van der Waals surface area contributed by atoms with Crippen molar-refractivity contribution >= 4 is 27.5 Å². The number of hydrogen-bond acceptors (Lipinski definition) is 5. The summed E-state index contributed by atoms with van der Waals surface area (Å²) in [6.45, 7) is 0.647. The number of carbonyl (C=O) groups excluding carboxylic acids is 1. The summed E-state index contributed by atoms with van der Waals surface area (Å²) in [5.74, 6) is -0.431. The van der Waals surface area contributed by atoms with Gasteiger partial charge in [-0.05, 0) is 29.3 Å². The molecule has 4 rings (SSSR count). The van der Waals surface area contributed by atoms with E-state index >= 15 is 0 Å². The van der Waals surface area contributed by atoms with Crippen molar-refractivity contribution in [2.45, 2.75) is 18.0 Å². The monoisotopic (exact) mass is 421 g/mol. The Labute approximate surface area is 174 Å². The van der Waals surface area contributed by atoms with Crippen molar-refractivity contribution < 1.29 is 18.0 Å². The fourth-order valence-electron chi connectivity index (χ4n) is 3.12. The Morgan fingerprint density at radius 2 is 1.60 bits per heavy atom. The van der Waals surface area contributed by atoms with Gasteiger partial charge in [0.15, 0.2) is 16.4 Å². The molecule has 0 aliphatic carbocycles. The normalized spacial score (nSPS) is 11.1. The van der Waals surface area contributed by atoms with Gasteiger partial charge in [-0.25, -0.2) is 13.9 Å². The third kappa shape index (κ3) is 4.40. The molecule has 0 atom stereocenters. The lowest BCUT2D eigenvalue weighted by atomic mass is 10.2. The van der Waals surface area contributed by atoms with Crippen LogP contribution in [0.2, 0.25) is 0 Å². The number of para-hydroxylation sites is 1. The summed E-state index contributed by atoms with van der Waals surface area (Å²) in [4.78, 5) is 18.3. The van der Waals surface area contributed by atoms with E-state index in [1.165, 1.54) is 0 Å². The zero-order valence-electron chi connectivity index (χ0n) is 15.9. The molecular weight excluding hydrogens is 402 g/mol. The molecule has 4 aromatic rings. The zero-order valence-corrected chi connectivity index (χ0v) is 16.8. The van der Waals surface area contributed by atoms with Crippen LogP contribution < -0.4 is 5.48 Å². The smallest absolute Gasteiger partial charge is 0.269 e. The van der Waals surface area contributed by atoms with Gasteiger partial charge in [0.25, 0.3) is 5.91 Å². The van der Waals surface area contributed by atoms with Crippen molar-refractivity contribution in [3.05, 3.63) is 95.7 Å². The van der Waals surface area contributed by atoms with E-state index in [4.69, 9.17) is 4.84 Å². The summed E-state index contributed by atoms with van der Waals surface area (Å²) in [5.41, 5.74) is 5.33. The highest BCUT2D eigenvalue weighted by Crippen LogP contribution is 2.20. The Balaban J connectivity index is 1.53. The van der Waals surface area contributed by atoms with Crippen LogP contribution in [0.1, 0.15) is 21.6 Å². The number of aromatic nitrogens is 2. The van der Waals surface area contributed by atoms with Gasteiger partial charge in [-0.2, -0.15) is 5.10 Å². The molecule has 0 aliphatic rings. The van der Waals surface area contributed by atoms with Gasteiger partial charge in [-0.3, -0.25) is 14.3 Å². The molecule has 1 N–H and O–H groups in total. The molecule has 7 nitrogen and oxygen atoms in total. The van der Waals surface area contributed by atoms with Gasteiger partial charge in [0.05, 0.1) is 23.6 Å². The Bertz CT molecular complexity index is 1240. The maximum absolute atomic E-state index is 12.7. The van der Waals surface area contributed by atoms with Crippen molar-refractivity contribution in [1.82, 2.24) is 15.3 Å². The van der Waals surface area contributed by atoms with Crippen LogP contribution in [0.3, 0.4) is 0 Å². The van der Waals surface area contributed by atoms with Crippen LogP contribution in [0.25, 0.3) is 10.9 Å². The average Bonchev–Trinajstić information content (AvgIpc) is 3.13. The summed E-state index contributed by atoms with van der Waals surface area (Å²) in [7, 11) is -2.61. The number of nitrogens with zero attached hydrogens (tertiary/aromatic N) is 2. The van der Waals surface area contributed by atoms with E-state index in [0.717, 1.165) is 16.6 Å². The first-order valence-corrected chi connectivity index (χ1v) is 10.4. The Morgan fingerprint density at radius 1 is 0.900 bits per heavy atom. The van der Waals surface area contributed by atoms with Crippen LogP contribution >= 0.6 is 0 Å². The molecule has 30 heavy (non-hydrogen) atoms. The maximum atomic E-state index is 12.7. The number of rotatable bonds is 7. The third-order valence-electron chi connectivity index (χ3n) is 4.60. The molecule has 0 spiro atoms. The van der Waals surface area contributed by atoms with Crippen molar-refractivity contribution in [2.24, 2.45) is 0 Å². The van der Waals surface area contributed by atoms with Gasteiger partial charge in [-0.1, -0.05) is 60.7 Å². The van der Waals surface area contributed by atoms with Crippen LogP contribution in [0.5, 0.6) is 0 Å². The van der Waals surface area contributed by atoms with Gasteiger partial charge in [0, 0.05) is 5.39 Å². The van der Waals surface area contributed by atoms with E-state index < -0.39 is 16.6 Å². The molecule has 152 valence electrons. The average molecular weight is 421 g/mol. The lowest BCUT2D eigenvalue weighted by Gasteiger charge is -2.05. The Kier molecular flexibility index (Phi) is 5.87. The zero-order chi connectivity index (χ0) is 20.9. The van der Waals surface area contributed by atoms with E-state index in [1.54, 1.807) is 28.9 Å². The molecule has 0 saturated heterocycles. The minimum Gasteiger partial charge on any atom is -0.269 e. The molecule has 0 fully saturated rings. The summed E-state index contributed by atoms with van der Waals surface area (Å²) >= 11 is 0. The quantitative estimate of drug-likeness (QED) is 0.354. The molecule has 0 bridgehead atoms. The van der Waals surface area contributed by atoms with E-state index in [9.17, 15) is 13.2 Å². The molecule has 1 amide bonds. The lowest BCUT2D eigenvalue weighted by Crippen LogP contribution is -2.24. The first-order chi connectivity index (χ1) is 14.6. The fourth-order valence-corrected chi connectivity index (χ4v) is 3.51. The predicted molar refractivity (Wildman–Crippen MR) is 113 cm³/mol. The van der Waals surface area contributed by atoms with Gasteiger partial charge in [-0.15, -0.1) is 0 Å². The number of thiol groups is 1. The molecular formula is C22H19N3O4S. The minimum absolute atomic E-state index is 0.250. The van der Waals surface area contributed by atoms with Gasteiger partial charge < -0.3 is 0 Å². The molecule has 0 saturated carbocycles. The van der Waals surface area contributed by atoms with E-state index in [-0.39, 0.29) is 17.2 Å². The SMILES string of the molecule is O=C(NOCc1ccccc1)c1nn(Cc2ccc([SH](=O)=O)cc2)c2ccccc12. The first kappa shape index (κ1) is 19.8. The third-order valence-corrected chi connectivity index (χ3v) is 5.32. The van der Waals surface area contributed by atoms with Crippen molar-refractivity contribution in [3.63, 3.8) is 0 Å². The lowest BCUT2D eigenvalue weighted by molar-refractivity contribution is 0.0230. The second-order valence-electron chi connectivity index (χ2n) is 6.65. The topological polar surface area (TPSA) is 90.3 Å². The van der Waals surface area contributed by atoms with Crippen molar-refractivity contribution in [3.8, 4) is 0 Å². The molecule has 0 radical (unpaired) electrons. The van der Waals surface area contributed by atoms with Gasteiger partial charge in [0.2, 0.25) is 0 Å². The first-order valence-electron chi connectivity index (χ1n) is 9.27. The number of carbonyl (C=O) groups is 1. The number of benzene rings is 3. The van der Waals surface area contributed by atoms with E-state index in [1.807, 2.05) is 54.6 Å². The maximum Gasteiger partial charge on any atom is 0.295 e. The molecule has 1 aromatic heterocycles. The van der Waals surface area contributed by atoms with Crippen LogP contribution in [-0.2, 0) is 28.7 Å². The number of amides is 1. The number of nitrogens with one attached hydrogen (secondary N) is 1. The van der Waals surface area contributed by atoms with E-state index in [2.05, 4.69) is 10.6 Å². The minimum atomic E-state index is -2.61. The summed E-state index contributed by atoms with van der Waals surface area (Å²) in [6, 6.07) is 23.5. The summed E-state index contributed by atoms with van der Waals surface area (Å²) in [5, 5.41) is 5.18. The number of hydrogen-bond donors (Lipinski definition) is 2. The van der Waals surface area contributed by atoms with Gasteiger partial charge in [0.1, 0.15) is 0 Å². The standard InChI is InChI=1S/C22H19N3O4S/c26-22(24-29-15-17-6-2-1-3-7-17)21-19-8-4-5-9-20(19)25(23-21)14-16-10-12-18(13-11-16)30(27)28/h1-13,30H,14-15H2,(H,24,26). The largest absolute Gasteiger partial charge is 0.295 e. The highest BCUT2D eigenvalue weighted by Gasteiger charge is 2.17. The summed E-state index contributed by atoms with van der Waals surface area (Å²) in [6.07, 6.45) is 0. The summed E-state index contributed by atoms with van der Waals surface area (Å²) < 4.78 is 23.8. The van der Waals surface area contributed by atoms with Gasteiger partial charge >= 0.3 is 0 Å². The van der Waals surface area contributed by atoms with Crippen molar-refractivity contribution in [1.29, 1.82) is 0 Å².